The number of ether oxygens (including phenoxy) is 1. The van der Waals surface area contributed by atoms with Gasteiger partial charge >= 0.3 is 0 Å². The van der Waals surface area contributed by atoms with Crippen molar-refractivity contribution in [3.63, 3.8) is 0 Å². The number of hydrogen-bond donors (Lipinski definition) is 2. The number of aliphatic hydroxyl groups is 1. The second-order valence-corrected chi connectivity index (χ2v) is 5.80. The molecule has 5 heteroatoms. The van der Waals surface area contributed by atoms with Gasteiger partial charge in [-0.2, -0.15) is 0 Å². The predicted octanol–water partition coefficient (Wildman–Crippen LogP) is 2.40. The largest absolute Gasteiger partial charge is 0.386 e. The van der Waals surface area contributed by atoms with Gasteiger partial charge in [-0.05, 0) is 23.6 Å². The molecule has 1 saturated heterocycles. The van der Waals surface area contributed by atoms with Gasteiger partial charge < -0.3 is 15.2 Å². The molecule has 20 heavy (non-hydrogen) atoms. The van der Waals surface area contributed by atoms with Gasteiger partial charge in [0.1, 0.15) is 5.60 Å². The van der Waals surface area contributed by atoms with Gasteiger partial charge in [0.05, 0.1) is 6.61 Å². The van der Waals surface area contributed by atoms with Crippen molar-refractivity contribution >= 4 is 0 Å². The number of halogens is 2. The maximum absolute atomic E-state index is 13.3. The van der Waals surface area contributed by atoms with E-state index in [0.29, 0.717) is 31.7 Å². The normalized spacial score (nSPS) is 24.3. The summed E-state index contributed by atoms with van der Waals surface area (Å²) in [5.41, 5.74) is -0.187. The van der Waals surface area contributed by atoms with Gasteiger partial charge in [0, 0.05) is 25.6 Å². The Labute approximate surface area is 117 Å². The molecule has 0 bridgehead atoms. The Balaban J connectivity index is 2.08. The summed E-state index contributed by atoms with van der Waals surface area (Å²) in [7, 11) is 0. The quantitative estimate of drug-likeness (QED) is 0.873. The van der Waals surface area contributed by atoms with Crippen LogP contribution in [-0.4, -0.2) is 30.5 Å². The van der Waals surface area contributed by atoms with E-state index in [-0.39, 0.29) is 12.0 Å². The van der Waals surface area contributed by atoms with Gasteiger partial charge in [0.25, 0.3) is 0 Å². The lowest BCUT2D eigenvalue weighted by atomic mass is 9.94. The molecule has 1 aliphatic heterocycles. The zero-order valence-electron chi connectivity index (χ0n) is 11.8. The van der Waals surface area contributed by atoms with Crippen LogP contribution in [0.4, 0.5) is 8.78 Å². The van der Waals surface area contributed by atoms with Crippen LogP contribution in [0.15, 0.2) is 18.2 Å². The van der Waals surface area contributed by atoms with Crippen molar-refractivity contribution < 1.29 is 18.6 Å². The van der Waals surface area contributed by atoms with E-state index in [1.54, 1.807) is 6.07 Å². The van der Waals surface area contributed by atoms with Gasteiger partial charge in [0.2, 0.25) is 0 Å². The van der Waals surface area contributed by atoms with E-state index in [2.05, 4.69) is 5.32 Å². The third kappa shape index (κ3) is 3.53. The molecule has 3 nitrogen and oxygen atoms in total. The van der Waals surface area contributed by atoms with Gasteiger partial charge in [-0.15, -0.1) is 0 Å². The molecule has 0 aliphatic carbocycles. The first-order valence-electron chi connectivity index (χ1n) is 6.90. The minimum Gasteiger partial charge on any atom is -0.386 e. The van der Waals surface area contributed by atoms with Gasteiger partial charge in [-0.3, -0.25) is 0 Å². The van der Waals surface area contributed by atoms with Crippen molar-refractivity contribution in [3.05, 3.63) is 35.4 Å². The molecular formula is C15H21F2NO2. The standard InChI is InChI=1S/C15H21F2NO2/c1-10(2)14(11-3-4-12(16)13(17)7-11)18-8-15(19)5-6-20-9-15/h3-4,7,10,14,18-19H,5-6,8-9H2,1-2H3/t14-,15+/m0/s1. The minimum absolute atomic E-state index is 0.144. The Morgan fingerprint density at radius 2 is 2.10 bits per heavy atom. The van der Waals surface area contributed by atoms with Crippen LogP contribution in [0.3, 0.4) is 0 Å². The summed E-state index contributed by atoms with van der Waals surface area (Å²) in [6, 6.07) is 3.78. The summed E-state index contributed by atoms with van der Waals surface area (Å²) in [6.07, 6.45) is 0.586. The van der Waals surface area contributed by atoms with Crippen LogP contribution in [0.2, 0.25) is 0 Å². The Kier molecular flexibility index (Phi) is 4.73. The summed E-state index contributed by atoms with van der Waals surface area (Å²) in [5.74, 6) is -1.51. The van der Waals surface area contributed by atoms with E-state index < -0.39 is 17.2 Å². The second kappa shape index (κ2) is 6.16. The molecule has 112 valence electrons. The fourth-order valence-electron chi connectivity index (χ4n) is 2.48. The van der Waals surface area contributed by atoms with E-state index in [0.717, 1.165) is 6.07 Å². The fraction of sp³-hybridized carbons (Fsp3) is 0.600. The molecule has 1 aromatic rings. The average Bonchev–Trinajstić information content (AvgIpc) is 2.80. The summed E-state index contributed by atoms with van der Waals surface area (Å²) in [4.78, 5) is 0. The Morgan fingerprint density at radius 3 is 2.65 bits per heavy atom. The van der Waals surface area contributed by atoms with E-state index in [9.17, 15) is 13.9 Å². The lowest BCUT2D eigenvalue weighted by Gasteiger charge is -2.28. The van der Waals surface area contributed by atoms with Crippen molar-refractivity contribution in [2.24, 2.45) is 5.92 Å². The third-order valence-corrected chi connectivity index (χ3v) is 3.70. The number of rotatable bonds is 5. The van der Waals surface area contributed by atoms with E-state index in [1.165, 1.54) is 6.07 Å². The summed E-state index contributed by atoms with van der Waals surface area (Å²) >= 11 is 0. The molecule has 1 fully saturated rings. The molecule has 0 unspecified atom stereocenters. The third-order valence-electron chi connectivity index (χ3n) is 3.70. The molecule has 2 atom stereocenters. The van der Waals surface area contributed by atoms with Crippen LogP contribution in [-0.2, 0) is 4.74 Å². The first-order chi connectivity index (χ1) is 9.41. The van der Waals surface area contributed by atoms with Gasteiger partial charge in [0.15, 0.2) is 11.6 Å². The molecular weight excluding hydrogens is 264 g/mol. The molecule has 0 radical (unpaired) electrons. The molecule has 0 amide bonds. The van der Waals surface area contributed by atoms with Crippen molar-refractivity contribution in [3.8, 4) is 0 Å². The van der Waals surface area contributed by atoms with Crippen molar-refractivity contribution in [2.45, 2.75) is 31.9 Å². The van der Waals surface area contributed by atoms with Crippen LogP contribution in [0.5, 0.6) is 0 Å². The summed E-state index contributed by atoms with van der Waals surface area (Å²) in [6.45, 7) is 5.22. The number of benzene rings is 1. The highest BCUT2D eigenvalue weighted by molar-refractivity contribution is 5.22. The summed E-state index contributed by atoms with van der Waals surface area (Å²) in [5, 5.41) is 13.5. The van der Waals surface area contributed by atoms with E-state index >= 15 is 0 Å². The highest BCUT2D eigenvalue weighted by atomic mass is 19.2. The topological polar surface area (TPSA) is 41.5 Å². The molecule has 1 aromatic carbocycles. The van der Waals surface area contributed by atoms with Gasteiger partial charge in [-0.25, -0.2) is 8.78 Å². The van der Waals surface area contributed by atoms with Crippen molar-refractivity contribution in [1.29, 1.82) is 0 Å². The molecule has 2 rings (SSSR count). The zero-order chi connectivity index (χ0) is 14.8. The minimum atomic E-state index is -0.869. The second-order valence-electron chi connectivity index (χ2n) is 5.80. The molecule has 2 N–H and O–H groups in total. The van der Waals surface area contributed by atoms with E-state index in [4.69, 9.17) is 4.74 Å². The first-order valence-corrected chi connectivity index (χ1v) is 6.90. The van der Waals surface area contributed by atoms with Gasteiger partial charge in [-0.1, -0.05) is 19.9 Å². The van der Waals surface area contributed by atoms with Crippen LogP contribution in [0, 0.1) is 17.6 Å². The molecule has 0 aromatic heterocycles. The first kappa shape index (κ1) is 15.4. The maximum atomic E-state index is 13.3. The zero-order valence-corrected chi connectivity index (χ0v) is 11.8. The Hall–Kier alpha value is -1.04. The monoisotopic (exact) mass is 285 g/mol. The van der Waals surface area contributed by atoms with Crippen LogP contribution in [0.25, 0.3) is 0 Å². The van der Waals surface area contributed by atoms with Crippen LogP contribution < -0.4 is 5.32 Å². The summed E-state index contributed by atoms with van der Waals surface area (Å²) < 4.78 is 31.5. The number of nitrogens with one attached hydrogen (secondary N) is 1. The molecule has 1 heterocycles. The maximum Gasteiger partial charge on any atom is 0.159 e. The predicted molar refractivity (Wildman–Crippen MR) is 72.3 cm³/mol. The highest BCUT2D eigenvalue weighted by Gasteiger charge is 2.33. The van der Waals surface area contributed by atoms with E-state index in [1.807, 2.05) is 13.8 Å². The smallest absolute Gasteiger partial charge is 0.159 e. The Morgan fingerprint density at radius 1 is 1.35 bits per heavy atom. The SMILES string of the molecule is CC(C)[C@H](NC[C@]1(O)CCOC1)c1ccc(F)c(F)c1. The highest BCUT2D eigenvalue weighted by Crippen LogP contribution is 2.25. The fourth-order valence-corrected chi connectivity index (χ4v) is 2.48. The Bertz CT molecular complexity index is 459. The molecule has 0 spiro atoms. The van der Waals surface area contributed by atoms with Crippen molar-refractivity contribution in [1.82, 2.24) is 5.32 Å². The number of hydrogen-bond acceptors (Lipinski definition) is 3. The van der Waals surface area contributed by atoms with Crippen LogP contribution in [0.1, 0.15) is 31.9 Å². The average molecular weight is 285 g/mol. The lowest BCUT2D eigenvalue weighted by Crippen LogP contribution is -2.43. The lowest BCUT2D eigenvalue weighted by molar-refractivity contribution is 0.0234. The molecule has 0 saturated carbocycles. The molecule has 1 aliphatic rings. The van der Waals surface area contributed by atoms with Crippen molar-refractivity contribution in [2.75, 3.05) is 19.8 Å². The van der Waals surface area contributed by atoms with Crippen LogP contribution >= 0.6 is 0 Å².